The van der Waals surface area contributed by atoms with Crippen LogP contribution in [0.15, 0.2) is 4.99 Å². The Morgan fingerprint density at radius 3 is 2.56 bits per heavy atom. The SMILES string of the molecule is CS(=O)(=O)N1CCC(NC2=NCCC2)CC1. The summed E-state index contributed by atoms with van der Waals surface area (Å²) < 4.78 is 24.2. The highest BCUT2D eigenvalue weighted by Gasteiger charge is 2.25. The Bertz CT molecular complexity index is 370. The van der Waals surface area contributed by atoms with Crippen molar-refractivity contribution in [3.63, 3.8) is 0 Å². The predicted octanol–water partition coefficient (Wildman–Crippen LogP) is 0.192. The van der Waals surface area contributed by atoms with Crippen molar-refractivity contribution in [1.82, 2.24) is 9.62 Å². The van der Waals surface area contributed by atoms with E-state index in [0.717, 1.165) is 38.1 Å². The number of piperidine rings is 1. The first-order valence-corrected chi connectivity index (χ1v) is 7.65. The molecular formula is C10H19N3O2S. The van der Waals surface area contributed by atoms with Gasteiger partial charge < -0.3 is 5.32 Å². The van der Waals surface area contributed by atoms with Gasteiger partial charge in [0.15, 0.2) is 0 Å². The molecule has 16 heavy (non-hydrogen) atoms. The van der Waals surface area contributed by atoms with Crippen LogP contribution in [0, 0.1) is 0 Å². The van der Waals surface area contributed by atoms with Gasteiger partial charge >= 0.3 is 0 Å². The average Bonchev–Trinajstić information content (AvgIpc) is 2.70. The maximum absolute atomic E-state index is 11.3. The lowest BCUT2D eigenvalue weighted by molar-refractivity contribution is 0.308. The highest BCUT2D eigenvalue weighted by molar-refractivity contribution is 7.88. The van der Waals surface area contributed by atoms with E-state index in [1.165, 1.54) is 6.26 Å². The van der Waals surface area contributed by atoms with E-state index < -0.39 is 10.0 Å². The van der Waals surface area contributed by atoms with E-state index in [1.807, 2.05) is 0 Å². The number of hydrogen-bond donors (Lipinski definition) is 1. The van der Waals surface area contributed by atoms with Crippen LogP contribution in [0.2, 0.25) is 0 Å². The lowest BCUT2D eigenvalue weighted by Gasteiger charge is -2.31. The van der Waals surface area contributed by atoms with Crippen molar-refractivity contribution in [2.75, 3.05) is 25.9 Å². The lowest BCUT2D eigenvalue weighted by Crippen LogP contribution is -2.45. The smallest absolute Gasteiger partial charge is 0.211 e. The summed E-state index contributed by atoms with van der Waals surface area (Å²) in [6.45, 7) is 2.19. The van der Waals surface area contributed by atoms with E-state index in [1.54, 1.807) is 4.31 Å². The average molecular weight is 245 g/mol. The fourth-order valence-electron chi connectivity index (χ4n) is 2.22. The van der Waals surface area contributed by atoms with Crippen molar-refractivity contribution in [2.45, 2.75) is 31.7 Å². The molecule has 0 aromatic carbocycles. The summed E-state index contributed by atoms with van der Waals surface area (Å²) >= 11 is 0. The third-order valence-corrected chi connectivity index (χ3v) is 4.47. The van der Waals surface area contributed by atoms with Gasteiger partial charge in [-0.1, -0.05) is 0 Å². The molecule has 0 amide bonds. The van der Waals surface area contributed by atoms with Crippen molar-refractivity contribution in [1.29, 1.82) is 0 Å². The Balaban J connectivity index is 1.81. The zero-order valence-electron chi connectivity index (χ0n) is 9.65. The van der Waals surface area contributed by atoms with Gasteiger partial charge in [-0.2, -0.15) is 0 Å². The second kappa shape index (κ2) is 4.71. The second-order valence-corrected chi connectivity index (χ2v) is 6.50. The molecule has 92 valence electrons. The summed E-state index contributed by atoms with van der Waals surface area (Å²) in [6, 6.07) is 0.398. The number of nitrogens with zero attached hydrogens (tertiary/aromatic N) is 2. The molecule has 1 N–H and O–H groups in total. The number of nitrogens with one attached hydrogen (secondary N) is 1. The van der Waals surface area contributed by atoms with Crippen LogP contribution >= 0.6 is 0 Å². The number of hydrogen-bond acceptors (Lipinski definition) is 4. The van der Waals surface area contributed by atoms with Crippen LogP contribution < -0.4 is 5.32 Å². The van der Waals surface area contributed by atoms with E-state index >= 15 is 0 Å². The summed E-state index contributed by atoms with van der Waals surface area (Å²) in [4.78, 5) is 4.37. The molecule has 0 aliphatic carbocycles. The Morgan fingerprint density at radius 2 is 2.06 bits per heavy atom. The molecule has 5 nitrogen and oxygen atoms in total. The molecule has 6 heteroatoms. The van der Waals surface area contributed by atoms with Gasteiger partial charge in [-0.15, -0.1) is 0 Å². The number of rotatable bonds is 2. The molecule has 0 unspecified atom stereocenters. The molecule has 2 heterocycles. The van der Waals surface area contributed by atoms with Crippen LogP contribution in [0.5, 0.6) is 0 Å². The summed E-state index contributed by atoms with van der Waals surface area (Å²) in [7, 11) is -3.00. The summed E-state index contributed by atoms with van der Waals surface area (Å²) in [5, 5.41) is 3.42. The molecule has 0 atom stereocenters. The van der Waals surface area contributed by atoms with Gasteiger partial charge in [-0.3, -0.25) is 4.99 Å². The summed E-state index contributed by atoms with van der Waals surface area (Å²) in [5.74, 6) is 1.11. The molecule has 0 bridgehead atoms. The molecule has 0 aromatic rings. The zero-order chi connectivity index (χ0) is 11.6. The number of amidine groups is 1. The van der Waals surface area contributed by atoms with E-state index in [-0.39, 0.29) is 0 Å². The molecule has 0 saturated carbocycles. The van der Waals surface area contributed by atoms with E-state index in [4.69, 9.17) is 0 Å². The fourth-order valence-corrected chi connectivity index (χ4v) is 3.10. The molecule has 2 aliphatic heterocycles. The molecule has 0 aromatic heterocycles. The minimum Gasteiger partial charge on any atom is -0.371 e. The van der Waals surface area contributed by atoms with Crippen LogP contribution in [0.1, 0.15) is 25.7 Å². The molecular weight excluding hydrogens is 226 g/mol. The van der Waals surface area contributed by atoms with E-state index in [9.17, 15) is 8.42 Å². The standard InChI is InChI=1S/C10H19N3O2S/c1-16(14,15)13-7-4-9(5-8-13)12-10-3-2-6-11-10/h9H,2-8H2,1H3,(H,11,12). The van der Waals surface area contributed by atoms with Gasteiger partial charge in [0.1, 0.15) is 0 Å². The first kappa shape index (κ1) is 11.9. The zero-order valence-corrected chi connectivity index (χ0v) is 10.5. The maximum atomic E-state index is 11.3. The van der Waals surface area contributed by atoms with Crippen molar-refractivity contribution < 1.29 is 8.42 Å². The first-order chi connectivity index (χ1) is 7.55. The van der Waals surface area contributed by atoms with Crippen LogP contribution in [0.4, 0.5) is 0 Å². The highest BCUT2D eigenvalue weighted by atomic mass is 32.2. The Morgan fingerprint density at radius 1 is 1.38 bits per heavy atom. The fraction of sp³-hybridized carbons (Fsp3) is 0.900. The predicted molar refractivity (Wildman–Crippen MR) is 64.1 cm³/mol. The maximum Gasteiger partial charge on any atom is 0.211 e. The number of sulfonamides is 1. The van der Waals surface area contributed by atoms with E-state index in [0.29, 0.717) is 19.1 Å². The lowest BCUT2D eigenvalue weighted by atomic mass is 10.1. The van der Waals surface area contributed by atoms with Crippen LogP contribution in [0.25, 0.3) is 0 Å². The van der Waals surface area contributed by atoms with Crippen molar-refractivity contribution >= 4 is 15.9 Å². The quantitative estimate of drug-likeness (QED) is 0.755. The Labute approximate surface area is 97.0 Å². The first-order valence-electron chi connectivity index (χ1n) is 5.81. The minimum absolute atomic E-state index is 0.398. The summed E-state index contributed by atoms with van der Waals surface area (Å²) in [6.07, 6.45) is 5.23. The summed E-state index contributed by atoms with van der Waals surface area (Å²) in [5.41, 5.74) is 0. The van der Waals surface area contributed by atoms with Gasteiger partial charge in [0.25, 0.3) is 0 Å². The molecule has 1 fully saturated rings. The van der Waals surface area contributed by atoms with Gasteiger partial charge in [0, 0.05) is 32.1 Å². The van der Waals surface area contributed by atoms with E-state index in [2.05, 4.69) is 10.3 Å². The van der Waals surface area contributed by atoms with Crippen molar-refractivity contribution in [3.8, 4) is 0 Å². The highest BCUT2D eigenvalue weighted by Crippen LogP contribution is 2.14. The van der Waals surface area contributed by atoms with Crippen molar-refractivity contribution in [3.05, 3.63) is 0 Å². The Hall–Kier alpha value is -0.620. The third-order valence-electron chi connectivity index (χ3n) is 3.17. The third kappa shape index (κ3) is 2.95. The molecule has 2 aliphatic rings. The monoisotopic (exact) mass is 245 g/mol. The van der Waals surface area contributed by atoms with Crippen LogP contribution in [0.3, 0.4) is 0 Å². The molecule has 0 spiro atoms. The minimum atomic E-state index is -3.00. The van der Waals surface area contributed by atoms with Gasteiger partial charge in [-0.25, -0.2) is 12.7 Å². The van der Waals surface area contributed by atoms with Gasteiger partial charge in [0.05, 0.1) is 12.1 Å². The number of aliphatic imine (C=N–C) groups is 1. The molecule has 2 rings (SSSR count). The normalized spacial score (nSPS) is 24.4. The Kier molecular flexibility index (Phi) is 3.49. The second-order valence-electron chi connectivity index (χ2n) is 4.51. The van der Waals surface area contributed by atoms with Crippen molar-refractivity contribution in [2.24, 2.45) is 4.99 Å². The van der Waals surface area contributed by atoms with Crippen LogP contribution in [-0.4, -0.2) is 50.5 Å². The topological polar surface area (TPSA) is 61.8 Å². The molecule has 1 saturated heterocycles. The van der Waals surface area contributed by atoms with Crippen LogP contribution in [-0.2, 0) is 10.0 Å². The molecule has 0 radical (unpaired) electrons. The largest absolute Gasteiger partial charge is 0.371 e. The van der Waals surface area contributed by atoms with Gasteiger partial charge in [0.2, 0.25) is 10.0 Å². The van der Waals surface area contributed by atoms with Gasteiger partial charge in [-0.05, 0) is 19.3 Å².